The van der Waals surface area contributed by atoms with Gasteiger partial charge in [0.1, 0.15) is 5.41 Å². The van der Waals surface area contributed by atoms with Crippen LogP contribution in [0.25, 0.3) is 0 Å². The first-order valence-corrected chi connectivity index (χ1v) is 8.35. The molecule has 3 rings (SSSR count). The van der Waals surface area contributed by atoms with Crippen LogP contribution >= 0.6 is 0 Å². The summed E-state index contributed by atoms with van der Waals surface area (Å²) in [5, 5.41) is 18.1. The zero-order chi connectivity index (χ0) is 15.3. The molecule has 0 unspecified atom stereocenters. The predicted molar refractivity (Wildman–Crippen MR) is 73.7 cm³/mol. The molecule has 112 valence electrons. The summed E-state index contributed by atoms with van der Waals surface area (Å²) in [6, 6.07) is 7.13. The third-order valence-corrected chi connectivity index (χ3v) is 6.54. The lowest BCUT2D eigenvalue weighted by atomic mass is 10.0. The van der Waals surface area contributed by atoms with Gasteiger partial charge in [-0.1, -0.05) is 13.0 Å². The lowest BCUT2D eigenvalue weighted by Crippen LogP contribution is -2.19. The van der Waals surface area contributed by atoms with Gasteiger partial charge >= 0.3 is 0 Å². The Bertz CT molecular complexity index is 723. The second-order valence-corrected chi connectivity index (χ2v) is 7.68. The molecule has 0 saturated heterocycles. The molecule has 0 spiro atoms. The van der Waals surface area contributed by atoms with E-state index in [1.165, 1.54) is 0 Å². The van der Waals surface area contributed by atoms with E-state index in [2.05, 4.69) is 0 Å². The van der Waals surface area contributed by atoms with E-state index in [0.717, 1.165) is 0 Å². The fourth-order valence-electron chi connectivity index (χ4n) is 3.05. The summed E-state index contributed by atoms with van der Waals surface area (Å²) in [6.45, 7) is 1.19. The van der Waals surface area contributed by atoms with E-state index in [1.54, 1.807) is 25.1 Å². The minimum absolute atomic E-state index is 0.0534. The third kappa shape index (κ3) is 1.90. The minimum Gasteiger partial charge on any atom is -0.454 e. The van der Waals surface area contributed by atoms with Crippen LogP contribution < -0.4 is 9.47 Å². The van der Waals surface area contributed by atoms with Crippen molar-refractivity contribution in [3.8, 4) is 17.6 Å². The topological polar surface area (TPSA) is 96.6 Å². The highest BCUT2D eigenvalue weighted by molar-refractivity contribution is 7.92. The van der Waals surface area contributed by atoms with Crippen LogP contribution in [0, 0.1) is 16.7 Å². The van der Waals surface area contributed by atoms with Gasteiger partial charge in [-0.05, 0) is 17.7 Å². The van der Waals surface area contributed by atoms with Gasteiger partial charge in [0.2, 0.25) is 6.79 Å². The van der Waals surface area contributed by atoms with Gasteiger partial charge in [0.15, 0.2) is 21.3 Å². The van der Waals surface area contributed by atoms with Crippen molar-refractivity contribution in [2.45, 2.75) is 18.1 Å². The maximum atomic E-state index is 12.2. The fraction of sp³-hybridized carbons (Fsp3) is 0.500. The molecule has 7 heteroatoms. The first kappa shape index (κ1) is 14.2. The first-order chi connectivity index (χ1) is 10.00. The molecule has 1 fully saturated rings. The molecule has 1 heterocycles. The molecular formula is C14H15NO5S. The van der Waals surface area contributed by atoms with E-state index >= 15 is 0 Å². The van der Waals surface area contributed by atoms with Gasteiger partial charge in [0, 0.05) is 11.7 Å². The monoisotopic (exact) mass is 309 g/mol. The summed E-state index contributed by atoms with van der Waals surface area (Å²) >= 11 is 0. The number of aliphatic hydroxyl groups is 1. The van der Waals surface area contributed by atoms with Crippen LogP contribution in [0.2, 0.25) is 0 Å². The molecule has 0 bridgehead atoms. The van der Waals surface area contributed by atoms with Crippen molar-refractivity contribution in [2.24, 2.45) is 5.41 Å². The van der Waals surface area contributed by atoms with Crippen LogP contribution in [0.5, 0.6) is 11.5 Å². The molecular weight excluding hydrogens is 294 g/mol. The van der Waals surface area contributed by atoms with Crippen molar-refractivity contribution >= 4 is 9.84 Å². The van der Waals surface area contributed by atoms with Crippen molar-refractivity contribution in [2.75, 3.05) is 19.2 Å². The lowest BCUT2D eigenvalue weighted by molar-refractivity contribution is 0.174. The first-order valence-electron chi connectivity index (χ1n) is 6.63. The number of nitriles is 1. The Morgan fingerprint density at radius 1 is 1.43 bits per heavy atom. The summed E-state index contributed by atoms with van der Waals surface area (Å²) in [4.78, 5) is 0. The van der Waals surface area contributed by atoms with Gasteiger partial charge in [0.25, 0.3) is 0 Å². The fourth-order valence-corrected chi connectivity index (χ4v) is 5.06. The Hall–Kier alpha value is -1.78. The molecule has 2 aliphatic rings. The van der Waals surface area contributed by atoms with Gasteiger partial charge in [-0.15, -0.1) is 0 Å². The van der Waals surface area contributed by atoms with Gasteiger partial charge in [-0.25, -0.2) is 8.42 Å². The molecule has 1 aromatic rings. The van der Waals surface area contributed by atoms with Gasteiger partial charge in [-0.2, -0.15) is 5.26 Å². The Morgan fingerprint density at radius 3 is 2.76 bits per heavy atom. The summed E-state index contributed by atoms with van der Waals surface area (Å²) in [7, 11) is -3.42. The largest absolute Gasteiger partial charge is 0.454 e. The van der Waals surface area contributed by atoms with E-state index < -0.39 is 33.0 Å². The highest BCUT2D eigenvalue weighted by atomic mass is 32.2. The Kier molecular flexibility index (Phi) is 3.11. The lowest BCUT2D eigenvalue weighted by Gasteiger charge is -2.04. The molecule has 1 N–H and O–H groups in total. The Morgan fingerprint density at radius 2 is 2.14 bits per heavy atom. The van der Waals surface area contributed by atoms with Crippen LogP contribution in [-0.2, 0) is 9.84 Å². The van der Waals surface area contributed by atoms with Gasteiger partial charge < -0.3 is 14.6 Å². The number of fused-ring (bicyclic) bond motifs is 1. The number of hydrogen-bond acceptors (Lipinski definition) is 6. The maximum absolute atomic E-state index is 12.2. The standard InChI is InChI=1S/C14H15NO5S/c1-2-21(17,18)13-12(14(13,6-15)7-16)9-3-4-10-11(5-9)20-8-19-10/h3-5,12-13,16H,2,7-8H2,1H3/t12-,13-,14+/m0/s1. The van der Waals surface area contributed by atoms with E-state index in [-0.39, 0.29) is 12.5 Å². The van der Waals surface area contributed by atoms with Crippen molar-refractivity contribution in [1.29, 1.82) is 5.26 Å². The molecule has 1 aliphatic carbocycles. The van der Waals surface area contributed by atoms with Crippen LogP contribution in [0.1, 0.15) is 18.4 Å². The summed E-state index contributed by atoms with van der Waals surface area (Å²) < 4.78 is 34.9. The van der Waals surface area contributed by atoms with Crippen molar-refractivity contribution in [3.05, 3.63) is 23.8 Å². The quantitative estimate of drug-likeness (QED) is 0.884. The summed E-state index contributed by atoms with van der Waals surface area (Å²) in [6.07, 6.45) is 0. The number of sulfone groups is 1. The van der Waals surface area contributed by atoms with E-state index in [0.29, 0.717) is 17.1 Å². The van der Waals surface area contributed by atoms with Gasteiger partial charge in [-0.3, -0.25) is 0 Å². The SMILES string of the molecule is CCS(=O)(=O)[C@H]1[C@H](c2ccc3c(c2)OCO3)[C@@]1(C#N)CO. The molecule has 6 nitrogen and oxygen atoms in total. The molecule has 1 aromatic carbocycles. The van der Waals surface area contributed by atoms with Crippen LogP contribution in [-0.4, -0.2) is 37.9 Å². The second-order valence-electron chi connectivity index (χ2n) is 5.27. The average molecular weight is 309 g/mol. The molecule has 21 heavy (non-hydrogen) atoms. The van der Waals surface area contributed by atoms with E-state index in [4.69, 9.17) is 9.47 Å². The molecule has 1 saturated carbocycles. The van der Waals surface area contributed by atoms with E-state index in [9.17, 15) is 18.8 Å². The van der Waals surface area contributed by atoms with E-state index in [1.807, 2.05) is 6.07 Å². The highest BCUT2D eigenvalue weighted by Gasteiger charge is 2.71. The second kappa shape index (κ2) is 4.61. The number of nitrogens with zero attached hydrogens (tertiary/aromatic N) is 1. The third-order valence-electron chi connectivity index (χ3n) is 4.27. The zero-order valence-electron chi connectivity index (χ0n) is 11.4. The number of ether oxygens (including phenoxy) is 2. The van der Waals surface area contributed by atoms with Gasteiger partial charge in [0.05, 0.1) is 17.9 Å². The number of hydrogen-bond donors (Lipinski definition) is 1. The number of rotatable bonds is 4. The molecule has 3 atom stereocenters. The minimum atomic E-state index is -3.42. The molecule has 1 aliphatic heterocycles. The molecule has 0 radical (unpaired) electrons. The Labute approximate surface area is 122 Å². The van der Waals surface area contributed by atoms with Crippen LogP contribution in [0.15, 0.2) is 18.2 Å². The maximum Gasteiger partial charge on any atom is 0.231 e. The molecule has 0 aromatic heterocycles. The van der Waals surface area contributed by atoms with Crippen LogP contribution in [0.4, 0.5) is 0 Å². The normalized spacial score (nSPS) is 30.0. The zero-order valence-corrected chi connectivity index (χ0v) is 12.3. The van der Waals surface area contributed by atoms with Crippen molar-refractivity contribution in [3.63, 3.8) is 0 Å². The summed E-state index contributed by atoms with van der Waals surface area (Å²) in [5.41, 5.74) is -0.584. The highest BCUT2D eigenvalue weighted by Crippen LogP contribution is 2.63. The Balaban J connectivity index is 2.03. The van der Waals surface area contributed by atoms with Crippen molar-refractivity contribution < 1.29 is 23.0 Å². The number of benzene rings is 1. The number of aliphatic hydroxyl groups excluding tert-OH is 1. The summed E-state index contributed by atoms with van der Waals surface area (Å²) in [5.74, 6) is 0.548. The average Bonchev–Trinajstić information content (AvgIpc) is 2.98. The molecule has 0 amide bonds. The van der Waals surface area contributed by atoms with Crippen molar-refractivity contribution in [1.82, 2.24) is 0 Å². The predicted octanol–water partition coefficient (Wildman–Crippen LogP) is 0.818. The smallest absolute Gasteiger partial charge is 0.231 e. The van der Waals surface area contributed by atoms with Crippen LogP contribution in [0.3, 0.4) is 0 Å².